The molecule has 198 valence electrons. The number of methoxy groups -OCH3 is 1. The van der Waals surface area contributed by atoms with Gasteiger partial charge >= 0.3 is 0 Å². The van der Waals surface area contributed by atoms with Crippen molar-refractivity contribution < 1.29 is 22.7 Å². The normalized spacial score (nSPS) is 12.1. The molecule has 0 aliphatic heterocycles. The van der Waals surface area contributed by atoms with Crippen LogP contribution in [-0.2, 0) is 26.2 Å². The van der Waals surface area contributed by atoms with E-state index in [2.05, 4.69) is 5.32 Å². The third-order valence-corrected chi connectivity index (χ3v) is 7.21. The molecule has 0 heterocycles. The molecule has 1 unspecified atom stereocenters. The molecule has 9 heteroatoms. The van der Waals surface area contributed by atoms with Gasteiger partial charge in [-0.15, -0.1) is 0 Å². The summed E-state index contributed by atoms with van der Waals surface area (Å²) in [7, 11) is -1.95. The van der Waals surface area contributed by atoms with Gasteiger partial charge in [0.2, 0.25) is 21.8 Å². The van der Waals surface area contributed by atoms with E-state index >= 15 is 0 Å². The average Bonchev–Trinajstić information content (AvgIpc) is 2.83. The van der Waals surface area contributed by atoms with Crippen LogP contribution < -0.4 is 14.4 Å². The van der Waals surface area contributed by atoms with E-state index in [9.17, 15) is 18.0 Å². The smallest absolute Gasteiger partial charge is 0.242 e. The predicted octanol–water partition coefficient (Wildman–Crippen LogP) is 3.80. The maximum Gasteiger partial charge on any atom is 0.242 e. The zero-order chi connectivity index (χ0) is 26.9. The van der Waals surface area contributed by atoms with E-state index in [4.69, 9.17) is 4.74 Å². The fourth-order valence-corrected chi connectivity index (χ4v) is 5.12. The van der Waals surface area contributed by atoms with E-state index < -0.39 is 16.1 Å². The minimum atomic E-state index is -3.54. The lowest BCUT2D eigenvalue weighted by Gasteiger charge is -2.31. The highest BCUT2D eigenvalue weighted by Crippen LogP contribution is 2.25. The van der Waals surface area contributed by atoms with Crippen molar-refractivity contribution in [2.75, 3.05) is 30.8 Å². The highest BCUT2D eigenvalue weighted by Gasteiger charge is 2.28. The average molecular weight is 518 g/mol. The van der Waals surface area contributed by atoms with Crippen molar-refractivity contribution in [2.45, 2.75) is 59.5 Å². The first-order chi connectivity index (χ1) is 17.0. The Morgan fingerprint density at radius 3 is 2.28 bits per heavy atom. The number of likely N-dealkylation sites (N-methyl/N-ethyl adjacent to an activating group) is 1. The molecule has 2 rings (SSSR count). The van der Waals surface area contributed by atoms with Crippen LogP contribution in [0.15, 0.2) is 42.5 Å². The van der Waals surface area contributed by atoms with Crippen LogP contribution in [0, 0.1) is 13.8 Å². The van der Waals surface area contributed by atoms with E-state index in [1.807, 2.05) is 70.2 Å². The molecule has 0 bridgehead atoms. The van der Waals surface area contributed by atoms with Crippen LogP contribution >= 0.6 is 0 Å². The van der Waals surface area contributed by atoms with Crippen LogP contribution in [0.4, 0.5) is 5.69 Å². The molecule has 0 saturated carbocycles. The van der Waals surface area contributed by atoms with Gasteiger partial charge in [-0.3, -0.25) is 13.9 Å². The van der Waals surface area contributed by atoms with Crippen molar-refractivity contribution in [3.05, 3.63) is 59.2 Å². The lowest BCUT2D eigenvalue weighted by Crippen LogP contribution is -2.49. The van der Waals surface area contributed by atoms with Crippen molar-refractivity contribution in [1.82, 2.24) is 10.2 Å². The largest absolute Gasteiger partial charge is 0.497 e. The van der Waals surface area contributed by atoms with Crippen LogP contribution in [0.25, 0.3) is 0 Å². The third-order valence-electron chi connectivity index (χ3n) is 6.03. The third kappa shape index (κ3) is 7.98. The fourth-order valence-electron chi connectivity index (χ4n) is 4.11. The van der Waals surface area contributed by atoms with Crippen molar-refractivity contribution in [3.8, 4) is 5.75 Å². The number of sulfonamides is 1. The molecule has 2 amide bonds. The van der Waals surface area contributed by atoms with Gasteiger partial charge < -0.3 is 15.0 Å². The molecular formula is C27H39N3O5S. The zero-order valence-electron chi connectivity index (χ0n) is 22.2. The van der Waals surface area contributed by atoms with Gasteiger partial charge in [-0.05, 0) is 68.5 Å². The molecule has 0 saturated heterocycles. The van der Waals surface area contributed by atoms with Crippen molar-refractivity contribution in [3.63, 3.8) is 0 Å². The molecular weight excluding hydrogens is 478 g/mol. The van der Waals surface area contributed by atoms with Gasteiger partial charge in [0.05, 0.1) is 19.1 Å². The maximum absolute atomic E-state index is 13.4. The summed E-state index contributed by atoms with van der Waals surface area (Å²) in [6.07, 6.45) is 2.08. The van der Waals surface area contributed by atoms with Crippen LogP contribution in [0.1, 0.15) is 49.8 Å². The number of hydrogen-bond donors (Lipinski definition) is 1. The van der Waals surface area contributed by atoms with Crippen molar-refractivity contribution in [2.24, 2.45) is 0 Å². The lowest BCUT2D eigenvalue weighted by molar-refractivity contribution is -0.141. The first-order valence-corrected chi connectivity index (χ1v) is 14.1. The molecule has 2 aromatic carbocycles. The molecule has 0 radical (unpaired) electrons. The van der Waals surface area contributed by atoms with E-state index in [0.29, 0.717) is 30.8 Å². The number of hydrogen-bond acceptors (Lipinski definition) is 5. The molecule has 0 aromatic heterocycles. The van der Waals surface area contributed by atoms with Gasteiger partial charge in [0.15, 0.2) is 0 Å². The Kier molecular flexibility index (Phi) is 10.8. The van der Waals surface area contributed by atoms with E-state index in [1.165, 1.54) is 10.6 Å². The summed E-state index contributed by atoms with van der Waals surface area (Å²) < 4.78 is 31.7. The minimum absolute atomic E-state index is 0.114. The van der Waals surface area contributed by atoms with Gasteiger partial charge in [-0.25, -0.2) is 8.42 Å². The van der Waals surface area contributed by atoms with Crippen LogP contribution in [0.5, 0.6) is 5.75 Å². The fraction of sp³-hybridized carbons (Fsp3) is 0.481. The van der Waals surface area contributed by atoms with E-state index in [0.717, 1.165) is 16.7 Å². The Bertz CT molecular complexity index is 1130. The molecule has 0 aliphatic carbocycles. The number of ether oxygens (including phenoxy) is 1. The number of benzene rings is 2. The second kappa shape index (κ2) is 13.3. The van der Waals surface area contributed by atoms with Gasteiger partial charge in [0, 0.05) is 26.1 Å². The molecule has 36 heavy (non-hydrogen) atoms. The van der Waals surface area contributed by atoms with Crippen molar-refractivity contribution in [1.29, 1.82) is 0 Å². The van der Waals surface area contributed by atoms with E-state index in [-0.39, 0.29) is 31.3 Å². The van der Waals surface area contributed by atoms with Gasteiger partial charge in [0.1, 0.15) is 11.8 Å². The van der Waals surface area contributed by atoms with Gasteiger partial charge in [-0.1, -0.05) is 31.2 Å². The second-order valence-electron chi connectivity index (χ2n) is 8.92. The zero-order valence-corrected chi connectivity index (χ0v) is 23.0. The summed E-state index contributed by atoms with van der Waals surface area (Å²) in [5.41, 5.74) is 3.30. The summed E-state index contributed by atoms with van der Waals surface area (Å²) in [6, 6.07) is 12.4. The molecule has 2 aromatic rings. The number of anilines is 1. The Morgan fingerprint density at radius 1 is 1.06 bits per heavy atom. The topological polar surface area (TPSA) is 96.0 Å². The number of amides is 2. The summed E-state index contributed by atoms with van der Waals surface area (Å²) >= 11 is 0. The lowest BCUT2D eigenvalue weighted by atomic mass is 10.1. The number of carbonyl (C=O) groups is 2. The Labute approximate surface area is 215 Å². The molecule has 0 aliphatic rings. The summed E-state index contributed by atoms with van der Waals surface area (Å²) in [6.45, 7) is 8.41. The molecule has 1 N–H and O–H groups in total. The Morgan fingerprint density at radius 2 is 1.72 bits per heavy atom. The van der Waals surface area contributed by atoms with Gasteiger partial charge in [0.25, 0.3) is 0 Å². The number of nitrogens with one attached hydrogen (secondary N) is 1. The van der Waals surface area contributed by atoms with E-state index in [1.54, 1.807) is 12.0 Å². The van der Waals surface area contributed by atoms with Gasteiger partial charge in [-0.2, -0.15) is 0 Å². The Hall–Kier alpha value is -3.07. The molecule has 1 atom stereocenters. The SMILES string of the molecule is CCNC(=O)C(CC)N(Cc1ccc(OC)cc1)C(=O)CCCN(c1cc(C)ccc1C)S(C)(=O)=O. The highest BCUT2D eigenvalue weighted by molar-refractivity contribution is 7.92. The summed E-state index contributed by atoms with van der Waals surface area (Å²) in [5.74, 6) is 0.313. The number of aryl methyl sites for hydroxylation is 2. The minimum Gasteiger partial charge on any atom is -0.497 e. The summed E-state index contributed by atoms with van der Waals surface area (Å²) in [4.78, 5) is 27.8. The first kappa shape index (κ1) is 29.2. The summed E-state index contributed by atoms with van der Waals surface area (Å²) in [5, 5.41) is 2.82. The van der Waals surface area contributed by atoms with Crippen LogP contribution in [0.3, 0.4) is 0 Å². The molecule has 0 fully saturated rings. The number of rotatable bonds is 13. The maximum atomic E-state index is 13.4. The quantitative estimate of drug-likeness (QED) is 0.436. The first-order valence-electron chi connectivity index (χ1n) is 12.3. The predicted molar refractivity (Wildman–Crippen MR) is 144 cm³/mol. The van der Waals surface area contributed by atoms with Crippen LogP contribution in [-0.4, -0.2) is 57.6 Å². The number of carbonyl (C=O) groups excluding carboxylic acids is 2. The molecule has 8 nitrogen and oxygen atoms in total. The monoisotopic (exact) mass is 517 g/mol. The molecule has 0 spiro atoms. The van der Waals surface area contributed by atoms with Crippen LogP contribution in [0.2, 0.25) is 0 Å². The number of nitrogens with zero attached hydrogens (tertiary/aromatic N) is 2. The van der Waals surface area contributed by atoms with Crippen molar-refractivity contribution >= 4 is 27.5 Å². The second-order valence-corrected chi connectivity index (χ2v) is 10.8. The standard InChI is InChI=1S/C27H39N3O5S/c1-7-24(27(32)28-8-2)29(19-22-13-15-23(35-5)16-14-22)26(31)10-9-17-30(36(6,33)34)25-18-20(3)11-12-21(25)4/h11-16,18,24H,7-10,17,19H2,1-6H3,(H,28,32). The highest BCUT2D eigenvalue weighted by atomic mass is 32.2. The Balaban J connectivity index is 2.23.